The SMILES string of the molecule is CC(C)OC(=O)c1ccc(-c2cccc(-c3ccc(C=O)o3)c2)cc1. The second kappa shape index (κ2) is 7.18. The maximum absolute atomic E-state index is 11.9. The van der Waals surface area contributed by atoms with Crippen LogP contribution in [0.2, 0.25) is 0 Å². The summed E-state index contributed by atoms with van der Waals surface area (Å²) in [4.78, 5) is 22.7. The van der Waals surface area contributed by atoms with Gasteiger partial charge in [0.25, 0.3) is 0 Å². The number of hydrogen-bond donors (Lipinski definition) is 0. The van der Waals surface area contributed by atoms with Crippen LogP contribution in [0.15, 0.2) is 65.1 Å². The highest BCUT2D eigenvalue weighted by atomic mass is 16.5. The molecule has 0 bridgehead atoms. The first kappa shape index (κ1) is 16.7. The van der Waals surface area contributed by atoms with E-state index in [0.29, 0.717) is 23.4 Å². The van der Waals surface area contributed by atoms with Gasteiger partial charge in [0.15, 0.2) is 12.0 Å². The van der Waals surface area contributed by atoms with E-state index in [1.165, 1.54) is 0 Å². The fraction of sp³-hybridized carbons (Fsp3) is 0.143. The van der Waals surface area contributed by atoms with E-state index in [9.17, 15) is 9.59 Å². The Hall–Kier alpha value is -3.14. The molecule has 0 aliphatic rings. The van der Waals surface area contributed by atoms with Gasteiger partial charge < -0.3 is 9.15 Å². The normalized spacial score (nSPS) is 10.7. The number of benzene rings is 2. The lowest BCUT2D eigenvalue weighted by molar-refractivity contribution is 0.0378. The number of ether oxygens (including phenoxy) is 1. The summed E-state index contributed by atoms with van der Waals surface area (Å²) < 4.78 is 10.7. The molecule has 25 heavy (non-hydrogen) atoms. The number of hydrogen-bond acceptors (Lipinski definition) is 4. The van der Waals surface area contributed by atoms with E-state index in [1.54, 1.807) is 24.3 Å². The first-order valence-corrected chi connectivity index (χ1v) is 8.03. The molecule has 1 aromatic heterocycles. The molecule has 1 heterocycles. The molecule has 0 amide bonds. The molecule has 126 valence electrons. The molecule has 4 nitrogen and oxygen atoms in total. The molecule has 0 aliphatic carbocycles. The van der Waals surface area contributed by atoms with Crippen LogP contribution in [0.25, 0.3) is 22.5 Å². The van der Waals surface area contributed by atoms with Gasteiger partial charge in [-0.05, 0) is 55.3 Å². The molecule has 0 fully saturated rings. The van der Waals surface area contributed by atoms with E-state index in [0.717, 1.165) is 16.7 Å². The lowest BCUT2D eigenvalue weighted by Gasteiger charge is -2.09. The predicted octanol–water partition coefficient (Wildman–Crippen LogP) is 4.99. The summed E-state index contributed by atoms with van der Waals surface area (Å²) in [5.41, 5.74) is 3.37. The maximum Gasteiger partial charge on any atom is 0.338 e. The zero-order valence-corrected chi connectivity index (χ0v) is 14.1. The largest absolute Gasteiger partial charge is 0.459 e. The Morgan fingerprint density at radius 1 is 0.960 bits per heavy atom. The molecule has 0 aliphatic heterocycles. The molecule has 0 radical (unpaired) electrons. The average Bonchev–Trinajstić information content (AvgIpc) is 3.11. The second-order valence-corrected chi connectivity index (χ2v) is 5.93. The van der Waals surface area contributed by atoms with Gasteiger partial charge in [-0.25, -0.2) is 4.79 Å². The third kappa shape index (κ3) is 3.86. The molecule has 0 N–H and O–H groups in total. The van der Waals surface area contributed by atoms with Crippen LogP contribution in [0.3, 0.4) is 0 Å². The van der Waals surface area contributed by atoms with Gasteiger partial charge in [-0.3, -0.25) is 4.79 Å². The number of aldehydes is 1. The highest BCUT2D eigenvalue weighted by Gasteiger charge is 2.10. The summed E-state index contributed by atoms with van der Waals surface area (Å²) in [6, 6.07) is 18.5. The third-order valence-corrected chi connectivity index (χ3v) is 3.69. The Balaban J connectivity index is 1.85. The monoisotopic (exact) mass is 334 g/mol. The van der Waals surface area contributed by atoms with Crippen LogP contribution in [-0.2, 0) is 4.74 Å². The van der Waals surface area contributed by atoms with Crippen LogP contribution in [0.1, 0.15) is 34.8 Å². The van der Waals surface area contributed by atoms with E-state index in [-0.39, 0.29) is 12.1 Å². The van der Waals surface area contributed by atoms with Gasteiger partial charge >= 0.3 is 5.97 Å². The smallest absolute Gasteiger partial charge is 0.338 e. The molecular formula is C21H18O4. The van der Waals surface area contributed by atoms with Crippen molar-refractivity contribution in [3.8, 4) is 22.5 Å². The van der Waals surface area contributed by atoms with E-state index in [1.807, 2.05) is 50.2 Å². The summed E-state index contributed by atoms with van der Waals surface area (Å²) >= 11 is 0. The lowest BCUT2D eigenvalue weighted by atomic mass is 10.0. The van der Waals surface area contributed by atoms with Gasteiger partial charge in [-0.1, -0.05) is 30.3 Å². The summed E-state index contributed by atoms with van der Waals surface area (Å²) in [6.45, 7) is 3.64. The topological polar surface area (TPSA) is 56.5 Å². The Bertz CT molecular complexity index is 888. The average molecular weight is 334 g/mol. The number of carbonyl (C=O) groups excluding carboxylic acids is 2. The Kier molecular flexibility index (Phi) is 4.80. The number of carbonyl (C=O) groups is 2. The molecule has 2 aromatic carbocycles. The van der Waals surface area contributed by atoms with Crippen molar-refractivity contribution in [3.63, 3.8) is 0 Å². The number of furan rings is 1. The Morgan fingerprint density at radius 3 is 2.32 bits per heavy atom. The zero-order valence-electron chi connectivity index (χ0n) is 14.1. The molecule has 0 saturated carbocycles. The van der Waals surface area contributed by atoms with Crippen molar-refractivity contribution < 1.29 is 18.7 Å². The molecule has 0 saturated heterocycles. The van der Waals surface area contributed by atoms with Gasteiger partial charge in [0.1, 0.15) is 5.76 Å². The van der Waals surface area contributed by atoms with Crippen molar-refractivity contribution in [1.29, 1.82) is 0 Å². The summed E-state index contributed by atoms with van der Waals surface area (Å²) in [5, 5.41) is 0. The summed E-state index contributed by atoms with van der Waals surface area (Å²) in [7, 11) is 0. The molecule has 0 spiro atoms. The Labute approximate surface area is 146 Å². The first-order chi connectivity index (χ1) is 12.1. The number of rotatable bonds is 5. The molecule has 0 atom stereocenters. The molecule has 3 rings (SSSR count). The summed E-state index contributed by atoms with van der Waals surface area (Å²) in [6.07, 6.45) is 0.538. The molecule has 4 heteroatoms. The second-order valence-electron chi connectivity index (χ2n) is 5.93. The van der Waals surface area contributed by atoms with Crippen molar-refractivity contribution in [1.82, 2.24) is 0 Å². The van der Waals surface area contributed by atoms with Crippen molar-refractivity contribution in [2.75, 3.05) is 0 Å². The minimum Gasteiger partial charge on any atom is -0.459 e. The zero-order chi connectivity index (χ0) is 17.8. The van der Waals surface area contributed by atoms with Gasteiger partial charge in [0.05, 0.1) is 11.7 Å². The van der Waals surface area contributed by atoms with Gasteiger partial charge in [0, 0.05) is 5.56 Å². The highest BCUT2D eigenvalue weighted by molar-refractivity contribution is 5.90. The molecule has 3 aromatic rings. The van der Waals surface area contributed by atoms with Crippen molar-refractivity contribution in [2.24, 2.45) is 0 Å². The van der Waals surface area contributed by atoms with Crippen molar-refractivity contribution >= 4 is 12.3 Å². The summed E-state index contributed by atoms with van der Waals surface area (Å²) in [5.74, 6) is 0.613. The van der Waals surface area contributed by atoms with Crippen LogP contribution >= 0.6 is 0 Å². The van der Waals surface area contributed by atoms with Crippen LogP contribution in [0.5, 0.6) is 0 Å². The minimum absolute atomic E-state index is 0.145. The molecular weight excluding hydrogens is 316 g/mol. The first-order valence-electron chi connectivity index (χ1n) is 8.03. The van der Waals surface area contributed by atoms with Crippen molar-refractivity contribution in [3.05, 3.63) is 72.0 Å². The fourth-order valence-electron chi connectivity index (χ4n) is 2.50. The van der Waals surface area contributed by atoms with Crippen LogP contribution in [0, 0.1) is 0 Å². The van der Waals surface area contributed by atoms with Gasteiger partial charge in [-0.2, -0.15) is 0 Å². The van der Waals surface area contributed by atoms with Gasteiger partial charge in [0.2, 0.25) is 0 Å². The predicted molar refractivity (Wildman–Crippen MR) is 95.5 cm³/mol. The van der Waals surface area contributed by atoms with E-state index in [4.69, 9.17) is 9.15 Å². The molecule has 0 unspecified atom stereocenters. The maximum atomic E-state index is 11.9. The minimum atomic E-state index is -0.327. The lowest BCUT2D eigenvalue weighted by Crippen LogP contribution is -2.11. The van der Waals surface area contributed by atoms with Crippen molar-refractivity contribution in [2.45, 2.75) is 20.0 Å². The van der Waals surface area contributed by atoms with E-state index in [2.05, 4.69) is 0 Å². The quantitative estimate of drug-likeness (QED) is 0.487. The Morgan fingerprint density at radius 2 is 1.68 bits per heavy atom. The standard InChI is InChI=1S/C21H18O4/c1-14(2)24-21(23)16-8-6-15(7-9-16)17-4-3-5-18(12-17)20-11-10-19(13-22)25-20/h3-14H,1-2H3. The van der Waals surface area contributed by atoms with Crippen LogP contribution in [-0.4, -0.2) is 18.4 Å². The van der Waals surface area contributed by atoms with E-state index >= 15 is 0 Å². The van der Waals surface area contributed by atoms with Crippen LogP contribution in [0.4, 0.5) is 0 Å². The number of esters is 1. The fourth-order valence-corrected chi connectivity index (χ4v) is 2.50. The third-order valence-electron chi connectivity index (χ3n) is 3.69. The van der Waals surface area contributed by atoms with Crippen LogP contribution < -0.4 is 0 Å². The van der Waals surface area contributed by atoms with Gasteiger partial charge in [-0.15, -0.1) is 0 Å². The highest BCUT2D eigenvalue weighted by Crippen LogP contribution is 2.27. The van der Waals surface area contributed by atoms with E-state index < -0.39 is 0 Å².